The Balaban J connectivity index is 1.37. The van der Waals surface area contributed by atoms with E-state index in [0.29, 0.717) is 5.69 Å². The van der Waals surface area contributed by atoms with Crippen LogP contribution in [0, 0.1) is 25.7 Å². The van der Waals surface area contributed by atoms with Gasteiger partial charge in [-0.05, 0) is 58.9 Å². The summed E-state index contributed by atoms with van der Waals surface area (Å²) in [7, 11) is 0. The van der Waals surface area contributed by atoms with Gasteiger partial charge in [-0.3, -0.25) is 19.3 Å². The second-order valence-corrected chi connectivity index (χ2v) is 12.7. The van der Waals surface area contributed by atoms with Crippen LogP contribution in [0.3, 0.4) is 0 Å². The number of aryl methyl sites for hydroxylation is 1. The maximum Gasteiger partial charge on any atom is 0.248 e. The Morgan fingerprint density at radius 3 is 1.71 bits per heavy atom. The molecule has 2 bridgehead atoms. The number of amides is 3. The minimum atomic E-state index is -1.31. The molecule has 4 aliphatic rings. The molecule has 4 aromatic rings. The lowest BCUT2D eigenvalue weighted by Gasteiger charge is -2.54. The number of nitrogens with one attached hydrogen (secondary N) is 1. The minimum absolute atomic E-state index is 0.152. The highest BCUT2D eigenvalue weighted by Crippen LogP contribution is 2.69. The Kier molecular flexibility index (Phi) is 6.12. The van der Waals surface area contributed by atoms with Crippen LogP contribution in [-0.4, -0.2) is 28.7 Å². The third-order valence-corrected chi connectivity index (χ3v) is 10.7. The molecule has 1 saturated heterocycles. The van der Waals surface area contributed by atoms with Gasteiger partial charge in [0.1, 0.15) is 15.8 Å². The molecule has 3 atom stereocenters. The fourth-order valence-electron chi connectivity index (χ4n) is 7.24. The van der Waals surface area contributed by atoms with Gasteiger partial charge < -0.3 is 5.32 Å². The number of alkyl halides is 2. The summed E-state index contributed by atoms with van der Waals surface area (Å²) >= 11 is 15.2. The van der Waals surface area contributed by atoms with E-state index in [1.807, 2.05) is 111 Å². The highest BCUT2D eigenvalue weighted by Gasteiger charge is 2.73. The zero-order valence-electron chi connectivity index (χ0n) is 23.1. The van der Waals surface area contributed by atoms with Crippen molar-refractivity contribution < 1.29 is 14.4 Å². The van der Waals surface area contributed by atoms with E-state index in [2.05, 4.69) is 5.32 Å². The molecule has 1 N–H and O–H groups in total. The van der Waals surface area contributed by atoms with Gasteiger partial charge in [0.05, 0.1) is 11.8 Å². The zero-order chi connectivity index (χ0) is 29.4. The number of benzene rings is 4. The molecule has 0 spiro atoms. The number of carbonyl (C=O) groups is 3. The third kappa shape index (κ3) is 3.53. The Hall–Kier alpha value is -3.93. The molecule has 0 unspecified atom stereocenters. The topological polar surface area (TPSA) is 66.5 Å². The summed E-state index contributed by atoms with van der Waals surface area (Å²) in [5, 5.41) is 3.01. The van der Waals surface area contributed by atoms with E-state index < -0.39 is 45.3 Å². The van der Waals surface area contributed by atoms with Crippen molar-refractivity contribution in [3.8, 4) is 0 Å². The molecule has 0 radical (unpaired) electrons. The number of imide groups is 1. The van der Waals surface area contributed by atoms with Gasteiger partial charge in [-0.2, -0.15) is 0 Å². The summed E-state index contributed by atoms with van der Waals surface area (Å²) in [5.74, 6) is -3.35. The first kappa shape index (κ1) is 26.9. The van der Waals surface area contributed by atoms with Gasteiger partial charge in [0, 0.05) is 12.1 Å². The molecule has 0 saturated carbocycles. The first-order valence-corrected chi connectivity index (χ1v) is 14.8. The van der Waals surface area contributed by atoms with Crippen molar-refractivity contribution >= 4 is 46.6 Å². The lowest BCUT2D eigenvalue weighted by Crippen LogP contribution is -2.57. The lowest BCUT2D eigenvalue weighted by molar-refractivity contribution is -0.146. The summed E-state index contributed by atoms with van der Waals surface area (Å²) < 4.78 is 0. The Bertz CT molecular complexity index is 1660. The SMILES string of the molecule is Cc1cccc(NC(=O)[C@@H](Cc2ccccc2)N2C(=O)[C@@H]3[C@H](C2=O)C2(Cl)c4ccccc4C3(Cl)c3ccccc32)c1C. The first-order chi connectivity index (χ1) is 20.2. The Labute approximate surface area is 254 Å². The molecule has 3 amide bonds. The standard InChI is InChI=1S/C35H28Cl2N2O3/c1-20-11-10-18-27(21(20)2)38-31(40)28(19-22-12-4-3-5-13-22)39-32(41)29-30(33(39)42)35(37)24-15-7-6-14-23(24)34(29,36)25-16-8-9-17-26(25)35/h3-18,28-30H,19H2,1-2H3,(H,38,40)/t28-,29-,30+,34?,35?/m1/s1. The quantitative estimate of drug-likeness (QED) is 0.213. The molecule has 7 heteroatoms. The zero-order valence-corrected chi connectivity index (χ0v) is 24.6. The van der Waals surface area contributed by atoms with Gasteiger partial charge in [0.2, 0.25) is 17.7 Å². The normalized spacial score (nSPS) is 26.0. The number of anilines is 1. The molecule has 210 valence electrons. The van der Waals surface area contributed by atoms with Crippen LogP contribution < -0.4 is 5.32 Å². The minimum Gasteiger partial charge on any atom is -0.324 e. The van der Waals surface area contributed by atoms with E-state index in [0.717, 1.165) is 43.8 Å². The van der Waals surface area contributed by atoms with Crippen LogP contribution in [0.15, 0.2) is 97.1 Å². The van der Waals surface area contributed by atoms with Crippen LogP contribution in [0.5, 0.6) is 0 Å². The van der Waals surface area contributed by atoms with E-state index in [-0.39, 0.29) is 6.42 Å². The van der Waals surface area contributed by atoms with Crippen molar-refractivity contribution in [2.75, 3.05) is 5.32 Å². The molecule has 8 rings (SSSR count). The molecule has 3 aliphatic carbocycles. The highest BCUT2D eigenvalue weighted by atomic mass is 35.5. The number of carbonyl (C=O) groups excluding carboxylic acids is 3. The number of halogens is 2. The summed E-state index contributed by atoms with van der Waals surface area (Å²) in [6.45, 7) is 3.90. The number of hydrogen-bond acceptors (Lipinski definition) is 3. The number of likely N-dealkylation sites (tertiary alicyclic amines) is 1. The number of nitrogens with zero attached hydrogens (tertiary/aromatic N) is 1. The Morgan fingerprint density at radius 1 is 0.738 bits per heavy atom. The van der Waals surface area contributed by atoms with Crippen molar-refractivity contribution in [2.45, 2.75) is 36.1 Å². The maximum atomic E-state index is 14.6. The van der Waals surface area contributed by atoms with E-state index in [4.69, 9.17) is 23.2 Å². The van der Waals surface area contributed by atoms with Crippen LogP contribution in [0.1, 0.15) is 38.9 Å². The lowest BCUT2D eigenvalue weighted by atomic mass is 9.54. The summed E-state index contributed by atoms with van der Waals surface area (Å²) in [6.07, 6.45) is 0.152. The van der Waals surface area contributed by atoms with Crippen LogP contribution in [0.2, 0.25) is 0 Å². The molecule has 1 fully saturated rings. The summed E-state index contributed by atoms with van der Waals surface area (Å²) in [6, 6.07) is 29.0. The van der Waals surface area contributed by atoms with Crippen molar-refractivity contribution in [1.82, 2.24) is 4.90 Å². The average Bonchev–Trinajstić information content (AvgIpc) is 3.28. The van der Waals surface area contributed by atoms with Gasteiger partial charge in [0.25, 0.3) is 0 Å². The predicted molar refractivity (Wildman–Crippen MR) is 163 cm³/mol. The van der Waals surface area contributed by atoms with Crippen molar-refractivity contribution in [1.29, 1.82) is 0 Å². The monoisotopic (exact) mass is 594 g/mol. The maximum absolute atomic E-state index is 14.6. The molecular weight excluding hydrogens is 567 g/mol. The van der Waals surface area contributed by atoms with Gasteiger partial charge >= 0.3 is 0 Å². The molecule has 42 heavy (non-hydrogen) atoms. The second-order valence-electron chi connectivity index (χ2n) is 11.5. The molecule has 1 aliphatic heterocycles. The van der Waals surface area contributed by atoms with Crippen LogP contribution in [-0.2, 0) is 30.6 Å². The van der Waals surface area contributed by atoms with Crippen molar-refractivity contribution in [3.63, 3.8) is 0 Å². The molecular formula is C35H28Cl2N2O3. The van der Waals surface area contributed by atoms with E-state index in [1.54, 1.807) is 0 Å². The van der Waals surface area contributed by atoms with Crippen LogP contribution in [0.4, 0.5) is 5.69 Å². The smallest absolute Gasteiger partial charge is 0.248 e. The average molecular weight is 596 g/mol. The van der Waals surface area contributed by atoms with Gasteiger partial charge in [-0.25, -0.2) is 0 Å². The van der Waals surface area contributed by atoms with Crippen molar-refractivity contribution in [2.24, 2.45) is 11.8 Å². The van der Waals surface area contributed by atoms with Gasteiger partial charge in [0.15, 0.2) is 0 Å². The molecule has 4 aromatic carbocycles. The number of rotatable bonds is 5. The first-order valence-electron chi connectivity index (χ1n) is 14.0. The van der Waals surface area contributed by atoms with Crippen LogP contribution in [0.25, 0.3) is 0 Å². The molecule has 0 aromatic heterocycles. The van der Waals surface area contributed by atoms with Crippen molar-refractivity contribution in [3.05, 3.63) is 136 Å². The van der Waals surface area contributed by atoms with E-state index in [1.165, 1.54) is 0 Å². The summed E-state index contributed by atoms with van der Waals surface area (Å²) in [5.41, 5.74) is 6.30. The molecule has 5 nitrogen and oxygen atoms in total. The van der Waals surface area contributed by atoms with E-state index in [9.17, 15) is 14.4 Å². The largest absolute Gasteiger partial charge is 0.324 e. The Morgan fingerprint density at radius 2 is 1.21 bits per heavy atom. The second kappa shape index (κ2) is 9.55. The summed E-state index contributed by atoms with van der Waals surface area (Å²) in [4.78, 5) is 41.8. The highest BCUT2D eigenvalue weighted by molar-refractivity contribution is 6.36. The fourth-order valence-corrected chi connectivity index (χ4v) is 8.33. The predicted octanol–water partition coefficient (Wildman–Crippen LogP) is 6.45. The fraction of sp³-hybridized carbons (Fsp3) is 0.229. The van der Waals surface area contributed by atoms with Crippen LogP contribution >= 0.6 is 23.2 Å². The molecule has 1 heterocycles. The third-order valence-electron chi connectivity index (χ3n) is 9.37. The number of hydrogen-bond donors (Lipinski definition) is 1. The van der Waals surface area contributed by atoms with Gasteiger partial charge in [-0.15, -0.1) is 23.2 Å². The van der Waals surface area contributed by atoms with Gasteiger partial charge in [-0.1, -0.05) is 91.0 Å². The van der Waals surface area contributed by atoms with E-state index >= 15 is 0 Å².